The zero-order valence-corrected chi connectivity index (χ0v) is 25.7. The monoisotopic (exact) mass is 594 g/mol. The second kappa shape index (κ2) is 12.8. The van der Waals surface area contributed by atoms with Gasteiger partial charge in [-0.3, -0.25) is 14.8 Å². The summed E-state index contributed by atoms with van der Waals surface area (Å²) in [5.74, 6) is 2.25. The van der Waals surface area contributed by atoms with E-state index in [0.29, 0.717) is 53.9 Å². The van der Waals surface area contributed by atoms with Crippen LogP contribution in [0.3, 0.4) is 0 Å². The number of ether oxygens (including phenoxy) is 4. The van der Waals surface area contributed by atoms with E-state index in [-0.39, 0.29) is 18.0 Å². The molecule has 4 aliphatic heterocycles. The Hall–Kier alpha value is -4.79. The van der Waals surface area contributed by atoms with E-state index in [1.807, 2.05) is 56.8 Å². The molecule has 0 N–H and O–H groups in total. The number of nitrogens with zero attached hydrogens (tertiary/aromatic N) is 4. The van der Waals surface area contributed by atoms with Crippen LogP contribution in [0.5, 0.6) is 23.0 Å². The van der Waals surface area contributed by atoms with Gasteiger partial charge in [0.05, 0.1) is 56.5 Å². The van der Waals surface area contributed by atoms with Crippen molar-refractivity contribution in [2.45, 2.75) is 51.7 Å². The van der Waals surface area contributed by atoms with Crippen molar-refractivity contribution in [1.82, 2.24) is 9.80 Å². The first kappa shape index (κ1) is 29.3. The second-order valence-electron chi connectivity index (χ2n) is 11.1. The Kier molecular flexibility index (Phi) is 8.54. The number of benzene rings is 2. The number of methoxy groups -OCH3 is 2. The molecule has 0 spiro atoms. The van der Waals surface area contributed by atoms with E-state index >= 15 is 0 Å². The lowest BCUT2D eigenvalue weighted by molar-refractivity contribution is 0.0817. The van der Waals surface area contributed by atoms with Gasteiger partial charge in [-0.15, -0.1) is 0 Å². The third-order valence-corrected chi connectivity index (χ3v) is 8.11. The van der Waals surface area contributed by atoms with E-state index in [2.05, 4.69) is 28.2 Å². The number of fused-ring (bicyclic) bond motifs is 4. The van der Waals surface area contributed by atoms with Gasteiger partial charge in [-0.2, -0.15) is 0 Å². The molecule has 0 bridgehead atoms. The molecule has 2 aromatic carbocycles. The van der Waals surface area contributed by atoms with Crippen molar-refractivity contribution in [3.63, 3.8) is 0 Å². The zero-order chi connectivity index (χ0) is 30.6. The maximum Gasteiger partial charge on any atom is 0.260 e. The molecule has 2 aromatic rings. The molecule has 4 aliphatic rings. The molecule has 2 atom stereocenters. The summed E-state index contributed by atoms with van der Waals surface area (Å²) in [5, 5.41) is 0. The Bertz CT molecular complexity index is 1620. The molecule has 44 heavy (non-hydrogen) atoms. The summed E-state index contributed by atoms with van der Waals surface area (Å²) >= 11 is 0. The average Bonchev–Trinajstić information content (AvgIpc) is 3.54. The van der Waals surface area contributed by atoms with Gasteiger partial charge in [0.2, 0.25) is 0 Å². The molecule has 0 radical (unpaired) electrons. The van der Waals surface area contributed by atoms with Crippen LogP contribution < -0.4 is 18.9 Å². The first-order valence-corrected chi connectivity index (χ1v) is 15.0. The van der Waals surface area contributed by atoms with Crippen LogP contribution in [0.1, 0.15) is 49.0 Å². The number of aliphatic imine (C=N–C) groups is 2. The van der Waals surface area contributed by atoms with Gasteiger partial charge in [-0.05, 0) is 50.0 Å². The molecule has 0 saturated heterocycles. The van der Waals surface area contributed by atoms with Crippen LogP contribution in [0.2, 0.25) is 0 Å². The van der Waals surface area contributed by atoms with Crippen molar-refractivity contribution in [3.05, 3.63) is 83.2 Å². The normalized spacial score (nSPS) is 20.1. The highest BCUT2D eigenvalue weighted by molar-refractivity contribution is 6.04. The number of hydrogen-bond donors (Lipinski definition) is 0. The van der Waals surface area contributed by atoms with Crippen molar-refractivity contribution in [2.24, 2.45) is 9.98 Å². The molecule has 0 fully saturated rings. The lowest BCUT2D eigenvalue weighted by atomic mass is 10.1. The van der Waals surface area contributed by atoms with Gasteiger partial charge in [0.15, 0.2) is 23.0 Å². The molecular weight excluding hydrogens is 556 g/mol. The van der Waals surface area contributed by atoms with Crippen LogP contribution >= 0.6 is 0 Å². The molecule has 1 amide bonds. The molecule has 228 valence electrons. The number of hydrogen-bond acceptors (Lipinski definition) is 8. The minimum atomic E-state index is -0.102. The number of amides is 1. The summed E-state index contributed by atoms with van der Waals surface area (Å²) in [5.41, 5.74) is 5.46. The Morgan fingerprint density at radius 3 is 2.11 bits per heavy atom. The van der Waals surface area contributed by atoms with Crippen LogP contribution in [0.25, 0.3) is 0 Å². The van der Waals surface area contributed by atoms with E-state index in [0.717, 1.165) is 36.2 Å². The fourth-order valence-electron chi connectivity index (χ4n) is 5.97. The molecule has 9 heteroatoms. The van der Waals surface area contributed by atoms with Crippen molar-refractivity contribution < 1.29 is 23.7 Å². The fraction of sp³-hybridized carbons (Fsp3) is 0.343. The molecule has 0 aromatic heterocycles. The molecule has 0 aliphatic carbocycles. The predicted octanol–water partition coefficient (Wildman–Crippen LogP) is 6.69. The van der Waals surface area contributed by atoms with Gasteiger partial charge >= 0.3 is 0 Å². The third-order valence-electron chi connectivity index (χ3n) is 8.11. The van der Waals surface area contributed by atoms with Gasteiger partial charge in [0, 0.05) is 55.5 Å². The summed E-state index contributed by atoms with van der Waals surface area (Å²) in [4.78, 5) is 26.9. The SMILES string of the molecule is C/C=C/C1=CN2Cc3cc(OC)c(OCCCOc4cc5c(cc4OC)C(=O)N4C=C(/C=C/C)C[C@H]4C=N5)cc3N=C[C@@H]2C1. The van der Waals surface area contributed by atoms with E-state index in [1.54, 1.807) is 31.3 Å². The van der Waals surface area contributed by atoms with Gasteiger partial charge in [0.25, 0.3) is 5.91 Å². The fourth-order valence-corrected chi connectivity index (χ4v) is 5.97. The molecule has 4 heterocycles. The number of carbonyl (C=O) groups excluding carboxylic acids is 1. The summed E-state index contributed by atoms with van der Waals surface area (Å²) in [7, 11) is 3.22. The van der Waals surface area contributed by atoms with Crippen molar-refractivity contribution in [1.29, 1.82) is 0 Å². The van der Waals surface area contributed by atoms with E-state index < -0.39 is 0 Å². The number of allylic oxidation sites excluding steroid dienone is 4. The smallest absolute Gasteiger partial charge is 0.260 e. The van der Waals surface area contributed by atoms with Gasteiger partial charge in [-0.1, -0.05) is 24.3 Å². The lowest BCUT2D eigenvalue weighted by Gasteiger charge is -2.21. The first-order chi connectivity index (χ1) is 21.5. The molecule has 9 nitrogen and oxygen atoms in total. The van der Waals surface area contributed by atoms with Crippen molar-refractivity contribution in [3.8, 4) is 23.0 Å². The summed E-state index contributed by atoms with van der Waals surface area (Å²) in [6, 6.07) is 7.61. The third kappa shape index (κ3) is 5.86. The van der Waals surface area contributed by atoms with Gasteiger partial charge in [0.1, 0.15) is 0 Å². The van der Waals surface area contributed by atoms with Crippen LogP contribution in [0.15, 0.2) is 82.1 Å². The Labute approximate surface area is 258 Å². The first-order valence-electron chi connectivity index (χ1n) is 15.0. The standard InChI is InChI=1S/C35H38N4O5/c1-5-8-23-12-26-18-36-29-16-33(31(41-3)14-25(29)22-38(26)20-23)43-10-7-11-44-34-17-30-28(15-32(34)42-4)35(40)39-21-24(9-6-2)13-27(39)19-37-30/h5-6,8-9,14-21,26-27H,7,10-13,22H2,1-4H3/b8-5+,9-6+/t26-,27-/m0/s1. The van der Waals surface area contributed by atoms with Gasteiger partial charge in [-0.25, -0.2) is 0 Å². The zero-order valence-electron chi connectivity index (χ0n) is 25.7. The summed E-state index contributed by atoms with van der Waals surface area (Å²) in [6.07, 6.45) is 18.5. The molecular formula is C35H38N4O5. The Balaban J connectivity index is 1.09. The summed E-state index contributed by atoms with van der Waals surface area (Å²) in [6.45, 7) is 5.58. The van der Waals surface area contributed by atoms with Crippen LogP contribution in [0, 0.1) is 0 Å². The molecule has 6 rings (SSSR count). The number of rotatable bonds is 10. The topological polar surface area (TPSA) is 85.2 Å². The highest BCUT2D eigenvalue weighted by Gasteiger charge is 2.32. The second-order valence-corrected chi connectivity index (χ2v) is 11.1. The van der Waals surface area contributed by atoms with Crippen LogP contribution in [-0.2, 0) is 6.54 Å². The minimum Gasteiger partial charge on any atom is -0.493 e. The van der Waals surface area contributed by atoms with Crippen molar-refractivity contribution in [2.75, 3.05) is 27.4 Å². The maximum atomic E-state index is 13.4. The molecule has 0 saturated carbocycles. The predicted molar refractivity (Wildman–Crippen MR) is 172 cm³/mol. The average molecular weight is 595 g/mol. The lowest BCUT2D eigenvalue weighted by Crippen LogP contribution is -2.32. The largest absolute Gasteiger partial charge is 0.493 e. The Morgan fingerprint density at radius 2 is 1.41 bits per heavy atom. The highest BCUT2D eigenvalue weighted by atomic mass is 16.5. The molecule has 0 unspecified atom stereocenters. The maximum absolute atomic E-state index is 13.4. The van der Waals surface area contributed by atoms with E-state index in [4.69, 9.17) is 23.9 Å². The summed E-state index contributed by atoms with van der Waals surface area (Å²) < 4.78 is 23.5. The minimum absolute atomic E-state index is 0.102. The van der Waals surface area contributed by atoms with Gasteiger partial charge < -0.3 is 28.7 Å². The van der Waals surface area contributed by atoms with E-state index in [1.165, 1.54) is 5.57 Å². The van der Waals surface area contributed by atoms with Crippen LogP contribution in [0.4, 0.5) is 11.4 Å². The van der Waals surface area contributed by atoms with E-state index in [9.17, 15) is 4.79 Å². The van der Waals surface area contributed by atoms with Crippen molar-refractivity contribution >= 4 is 29.7 Å². The van der Waals surface area contributed by atoms with Crippen LogP contribution in [-0.4, -0.2) is 67.7 Å². The quantitative estimate of drug-likeness (QED) is 0.285. The number of carbonyl (C=O) groups is 1. The Morgan fingerprint density at radius 1 is 0.795 bits per heavy atom. The highest BCUT2D eigenvalue weighted by Crippen LogP contribution is 2.40.